The van der Waals surface area contributed by atoms with Crippen molar-refractivity contribution in [3.63, 3.8) is 0 Å². The number of terminal acetylenes is 1. The van der Waals surface area contributed by atoms with Crippen molar-refractivity contribution in [2.75, 3.05) is 0 Å². The molecule has 1 aromatic rings. The fraction of sp³-hybridized carbons (Fsp3) is 0.222. The molecule has 0 radical (unpaired) electrons. The summed E-state index contributed by atoms with van der Waals surface area (Å²) in [6.07, 6.45) is 8.27. The van der Waals surface area contributed by atoms with E-state index in [1.165, 1.54) is 0 Å². The van der Waals surface area contributed by atoms with Crippen LogP contribution in [-0.2, 0) is 0 Å². The zero-order chi connectivity index (χ0) is 8.97. The molecule has 0 saturated carbocycles. The predicted molar refractivity (Wildman–Crippen MR) is 50.9 cm³/mol. The number of hydrogen-bond acceptors (Lipinski definition) is 2. The third-order valence-corrected chi connectivity index (χ3v) is 1.87. The van der Waals surface area contributed by atoms with E-state index >= 15 is 0 Å². The molecule has 1 aromatic heterocycles. The van der Waals surface area contributed by atoms with Gasteiger partial charge in [-0.25, -0.2) is 0 Å². The second kappa shape index (κ2) is 4.13. The Morgan fingerprint density at radius 2 is 2.50 bits per heavy atom. The van der Waals surface area contributed by atoms with Crippen LogP contribution in [0.3, 0.4) is 0 Å². The summed E-state index contributed by atoms with van der Waals surface area (Å²) >= 11 is 3.30. The summed E-state index contributed by atoms with van der Waals surface area (Å²) in [7, 11) is 0. The molecule has 12 heavy (non-hydrogen) atoms. The normalized spacial score (nSPS) is 11.8. The topological polar surface area (TPSA) is 22.1 Å². The summed E-state index contributed by atoms with van der Waals surface area (Å²) in [6.45, 7) is 1.81. The summed E-state index contributed by atoms with van der Waals surface area (Å²) in [5.74, 6) is 3.20. The van der Waals surface area contributed by atoms with E-state index in [2.05, 4.69) is 26.8 Å². The Hall–Kier alpha value is -1.01. The molecular weight excluding hydrogens is 218 g/mol. The predicted octanol–water partition coefficient (Wildman–Crippen LogP) is 2.24. The van der Waals surface area contributed by atoms with Crippen molar-refractivity contribution in [2.45, 2.75) is 13.0 Å². The fourth-order valence-corrected chi connectivity index (χ4v) is 1.03. The molecule has 62 valence electrons. The highest BCUT2D eigenvalue weighted by molar-refractivity contribution is 9.10. The summed E-state index contributed by atoms with van der Waals surface area (Å²) in [5, 5.41) is 0. The van der Waals surface area contributed by atoms with Gasteiger partial charge in [0.25, 0.3) is 0 Å². The van der Waals surface area contributed by atoms with Crippen LogP contribution < -0.4 is 4.74 Å². The molecule has 1 unspecified atom stereocenters. The van der Waals surface area contributed by atoms with Crippen molar-refractivity contribution < 1.29 is 4.74 Å². The zero-order valence-corrected chi connectivity index (χ0v) is 8.21. The van der Waals surface area contributed by atoms with Crippen molar-refractivity contribution >= 4 is 15.9 Å². The van der Waals surface area contributed by atoms with E-state index in [1.54, 1.807) is 18.5 Å². The molecule has 0 saturated heterocycles. The first kappa shape index (κ1) is 9.08. The van der Waals surface area contributed by atoms with Crippen LogP contribution in [0.5, 0.6) is 5.75 Å². The summed E-state index contributed by atoms with van der Waals surface area (Å²) < 4.78 is 6.18. The lowest BCUT2D eigenvalue weighted by atomic mass is 10.4. The molecule has 1 atom stereocenters. The van der Waals surface area contributed by atoms with Crippen molar-refractivity contribution in [1.29, 1.82) is 0 Å². The Kier molecular flexibility index (Phi) is 3.12. The Balaban J connectivity index is 2.77. The lowest BCUT2D eigenvalue weighted by Crippen LogP contribution is -2.08. The van der Waals surface area contributed by atoms with Gasteiger partial charge in [0.15, 0.2) is 6.10 Å². The maximum Gasteiger partial charge on any atom is 0.156 e. The van der Waals surface area contributed by atoms with Crippen molar-refractivity contribution in [2.24, 2.45) is 0 Å². The minimum Gasteiger partial charge on any atom is -0.477 e. The van der Waals surface area contributed by atoms with Crippen molar-refractivity contribution in [3.05, 3.63) is 22.9 Å². The van der Waals surface area contributed by atoms with Gasteiger partial charge in [-0.2, -0.15) is 0 Å². The van der Waals surface area contributed by atoms with E-state index in [0.29, 0.717) is 0 Å². The first-order valence-electron chi connectivity index (χ1n) is 3.46. The number of rotatable bonds is 2. The molecule has 1 heterocycles. The quantitative estimate of drug-likeness (QED) is 0.721. The molecular formula is C9H8BrNO. The molecule has 1 rings (SSSR count). The highest BCUT2D eigenvalue weighted by atomic mass is 79.9. The molecule has 2 nitrogen and oxygen atoms in total. The molecule has 0 fully saturated rings. The van der Waals surface area contributed by atoms with Gasteiger partial charge in [-0.1, -0.05) is 5.92 Å². The second-order valence-electron chi connectivity index (χ2n) is 2.23. The minimum atomic E-state index is -0.219. The Morgan fingerprint density at radius 1 is 1.75 bits per heavy atom. The molecule has 0 aliphatic carbocycles. The molecule has 0 aliphatic rings. The van der Waals surface area contributed by atoms with Gasteiger partial charge in [-0.3, -0.25) is 4.98 Å². The largest absolute Gasteiger partial charge is 0.477 e. The molecule has 0 amide bonds. The monoisotopic (exact) mass is 225 g/mol. The van der Waals surface area contributed by atoms with Gasteiger partial charge in [0.2, 0.25) is 0 Å². The summed E-state index contributed by atoms with van der Waals surface area (Å²) in [4.78, 5) is 3.90. The Morgan fingerprint density at radius 3 is 3.08 bits per heavy atom. The van der Waals surface area contributed by atoms with Gasteiger partial charge in [0.1, 0.15) is 5.75 Å². The lowest BCUT2D eigenvalue weighted by Gasteiger charge is -2.09. The van der Waals surface area contributed by atoms with Crippen LogP contribution in [0.2, 0.25) is 0 Å². The van der Waals surface area contributed by atoms with Gasteiger partial charge in [0, 0.05) is 12.4 Å². The SMILES string of the molecule is C#CC(C)Oc1ccncc1Br. The minimum absolute atomic E-state index is 0.219. The third-order valence-electron chi connectivity index (χ3n) is 1.27. The molecule has 0 N–H and O–H groups in total. The Bertz CT molecular complexity index is 306. The summed E-state index contributed by atoms with van der Waals surface area (Å²) in [6, 6.07) is 1.76. The van der Waals surface area contributed by atoms with E-state index in [9.17, 15) is 0 Å². The molecule has 3 heteroatoms. The van der Waals surface area contributed by atoms with E-state index in [-0.39, 0.29) is 6.10 Å². The average Bonchev–Trinajstić information content (AvgIpc) is 2.09. The van der Waals surface area contributed by atoms with Gasteiger partial charge in [0.05, 0.1) is 4.47 Å². The third kappa shape index (κ3) is 2.24. The van der Waals surface area contributed by atoms with E-state index in [4.69, 9.17) is 11.2 Å². The maximum absolute atomic E-state index is 5.37. The van der Waals surface area contributed by atoms with E-state index in [1.807, 2.05) is 6.92 Å². The number of nitrogens with zero attached hydrogens (tertiary/aromatic N) is 1. The first-order valence-corrected chi connectivity index (χ1v) is 4.25. The van der Waals surface area contributed by atoms with Crippen LogP contribution in [-0.4, -0.2) is 11.1 Å². The van der Waals surface area contributed by atoms with E-state index in [0.717, 1.165) is 10.2 Å². The number of aromatic nitrogens is 1. The number of hydrogen-bond donors (Lipinski definition) is 0. The van der Waals surface area contributed by atoms with Gasteiger partial charge in [-0.15, -0.1) is 6.42 Å². The smallest absolute Gasteiger partial charge is 0.156 e. The fourth-order valence-electron chi connectivity index (χ4n) is 0.682. The van der Waals surface area contributed by atoms with Gasteiger partial charge >= 0.3 is 0 Å². The molecule has 0 bridgehead atoms. The first-order chi connectivity index (χ1) is 5.74. The number of pyridine rings is 1. The Labute approximate surface area is 80.1 Å². The maximum atomic E-state index is 5.37. The highest BCUT2D eigenvalue weighted by Crippen LogP contribution is 2.23. The van der Waals surface area contributed by atoms with Gasteiger partial charge in [-0.05, 0) is 28.9 Å². The van der Waals surface area contributed by atoms with Crippen LogP contribution >= 0.6 is 15.9 Å². The van der Waals surface area contributed by atoms with Crippen LogP contribution in [0.15, 0.2) is 22.9 Å². The van der Waals surface area contributed by atoms with Crippen LogP contribution in [0.1, 0.15) is 6.92 Å². The van der Waals surface area contributed by atoms with Crippen molar-refractivity contribution in [3.8, 4) is 18.1 Å². The molecule has 0 aliphatic heterocycles. The van der Waals surface area contributed by atoms with Crippen molar-refractivity contribution in [1.82, 2.24) is 4.98 Å². The summed E-state index contributed by atoms with van der Waals surface area (Å²) in [5.41, 5.74) is 0. The van der Waals surface area contributed by atoms with Crippen LogP contribution in [0, 0.1) is 12.3 Å². The van der Waals surface area contributed by atoms with Crippen LogP contribution in [0.25, 0.3) is 0 Å². The van der Waals surface area contributed by atoms with Crippen LogP contribution in [0.4, 0.5) is 0 Å². The highest BCUT2D eigenvalue weighted by Gasteiger charge is 2.02. The zero-order valence-electron chi connectivity index (χ0n) is 6.62. The number of ether oxygens (including phenoxy) is 1. The van der Waals surface area contributed by atoms with E-state index < -0.39 is 0 Å². The molecule has 0 aromatic carbocycles. The number of halogens is 1. The van der Waals surface area contributed by atoms with Gasteiger partial charge < -0.3 is 4.74 Å². The average molecular weight is 226 g/mol. The second-order valence-corrected chi connectivity index (χ2v) is 3.09. The lowest BCUT2D eigenvalue weighted by molar-refractivity contribution is 0.277. The molecule has 0 spiro atoms. The standard InChI is InChI=1S/C9H8BrNO/c1-3-7(2)12-9-4-5-11-6-8(9)10/h1,4-7H,2H3.